The van der Waals surface area contributed by atoms with Crippen LogP contribution in [0, 0.1) is 0 Å². The van der Waals surface area contributed by atoms with Crippen LogP contribution in [-0.4, -0.2) is 26.6 Å². The lowest BCUT2D eigenvalue weighted by atomic mass is 10.1. The third kappa shape index (κ3) is 4.87. The predicted molar refractivity (Wildman–Crippen MR) is 134 cm³/mol. The normalized spacial score (nSPS) is 10.8. The molecule has 3 aromatic heterocycles. The number of aromatic nitrogens is 3. The second kappa shape index (κ2) is 9.68. The van der Waals surface area contributed by atoms with Gasteiger partial charge in [-0.2, -0.15) is 5.10 Å². The van der Waals surface area contributed by atoms with Crippen LogP contribution in [0.5, 0.6) is 0 Å². The number of fused-ring (bicyclic) bond motifs is 1. The molecule has 0 fully saturated rings. The first-order valence-corrected chi connectivity index (χ1v) is 11.6. The molecule has 0 aliphatic heterocycles. The van der Waals surface area contributed by atoms with Crippen LogP contribution in [0.15, 0.2) is 90.6 Å². The lowest BCUT2D eigenvalue weighted by molar-refractivity contribution is -0.116. The van der Waals surface area contributed by atoms with Gasteiger partial charge in [0.15, 0.2) is 0 Å². The van der Waals surface area contributed by atoms with Crippen LogP contribution in [0.1, 0.15) is 15.9 Å². The van der Waals surface area contributed by atoms with E-state index in [1.165, 1.54) is 0 Å². The van der Waals surface area contributed by atoms with Crippen LogP contribution >= 0.6 is 11.3 Å². The van der Waals surface area contributed by atoms with Crippen LogP contribution in [0.3, 0.4) is 0 Å². The third-order valence-electron chi connectivity index (χ3n) is 5.26. The van der Waals surface area contributed by atoms with Crippen LogP contribution in [0.25, 0.3) is 21.5 Å². The van der Waals surface area contributed by atoms with Crippen LogP contribution in [0.2, 0.25) is 0 Å². The second-order valence-corrected chi connectivity index (χ2v) is 8.63. The lowest BCUT2D eigenvalue weighted by Gasteiger charge is -2.11. The van der Waals surface area contributed by atoms with Gasteiger partial charge in [-0.15, -0.1) is 11.3 Å². The maximum atomic E-state index is 13.2. The number of rotatable bonds is 7. The molecule has 0 aliphatic rings. The SMILES string of the molecule is O=C(Cn1cccn1)Nc1cccc(CNC(=O)c2cc(-c3cccs3)nc3ccccc23)c1. The maximum absolute atomic E-state index is 13.2. The van der Waals surface area contributed by atoms with Gasteiger partial charge >= 0.3 is 0 Å². The molecule has 0 saturated carbocycles. The molecule has 7 nitrogen and oxygen atoms in total. The topological polar surface area (TPSA) is 88.9 Å². The van der Waals surface area contributed by atoms with E-state index in [4.69, 9.17) is 4.98 Å². The summed E-state index contributed by atoms with van der Waals surface area (Å²) in [6.45, 7) is 0.461. The summed E-state index contributed by atoms with van der Waals surface area (Å²) in [5.74, 6) is -0.348. The summed E-state index contributed by atoms with van der Waals surface area (Å²) < 4.78 is 1.56. The summed E-state index contributed by atoms with van der Waals surface area (Å²) in [4.78, 5) is 31.2. The van der Waals surface area contributed by atoms with Gasteiger partial charge in [-0.05, 0) is 47.3 Å². The van der Waals surface area contributed by atoms with E-state index in [1.807, 2.05) is 72.1 Å². The Kier molecular flexibility index (Phi) is 6.13. The fourth-order valence-electron chi connectivity index (χ4n) is 3.69. The van der Waals surface area contributed by atoms with Crippen molar-refractivity contribution in [2.24, 2.45) is 0 Å². The third-order valence-corrected chi connectivity index (χ3v) is 6.16. The zero-order valence-corrected chi connectivity index (χ0v) is 19.0. The van der Waals surface area contributed by atoms with Crippen molar-refractivity contribution < 1.29 is 9.59 Å². The molecule has 3 heterocycles. The van der Waals surface area contributed by atoms with Crippen molar-refractivity contribution in [3.8, 4) is 10.6 Å². The Morgan fingerprint density at radius 2 is 1.88 bits per heavy atom. The van der Waals surface area contributed by atoms with E-state index in [1.54, 1.807) is 34.5 Å². The van der Waals surface area contributed by atoms with Crippen molar-refractivity contribution >= 4 is 39.7 Å². The zero-order valence-electron chi connectivity index (χ0n) is 18.1. The second-order valence-electron chi connectivity index (χ2n) is 7.68. The van der Waals surface area contributed by atoms with E-state index in [-0.39, 0.29) is 18.4 Å². The molecule has 168 valence electrons. The van der Waals surface area contributed by atoms with E-state index in [0.717, 1.165) is 27.0 Å². The summed E-state index contributed by atoms with van der Waals surface area (Å²) in [7, 11) is 0. The Morgan fingerprint density at radius 3 is 2.71 bits per heavy atom. The standard InChI is InChI=1S/C26H21N5O2S/c32-25(17-31-12-5-11-28-31)29-19-7-3-6-18(14-19)16-27-26(33)21-15-23(24-10-4-13-34-24)30-22-9-2-1-8-20(21)22/h1-15H,16-17H2,(H,27,33)(H,29,32). The average molecular weight is 468 g/mol. The van der Waals surface area contributed by atoms with E-state index < -0.39 is 0 Å². The van der Waals surface area contributed by atoms with Gasteiger partial charge in [0, 0.05) is 30.0 Å². The van der Waals surface area contributed by atoms with Gasteiger partial charge in [0.1, 0.15) is 6.54 Å². The lowest BCUT2D eigenvalue weighted by Crippen LogP contribution is -2.23. The quantitative estimate of drug-likeness (QED) is 0.362. The molecule has 0 aliphatic carbocycles. The molecule has 0 atom stereocenters. The molecule has 5 aromatic rings. The first-order chi connectivity index (χ1) is 16.7. The molecule has 0 unspecified atom stereocenters. The van der Waals surface area contributed by atoms with Gasteiger partial charge < -0.3 is 10.6 Å². The Labute approximate surface area is 200 Å². The van der Waals surface area contributed by atoms with E-state index in [2.05, 4.69) is 15.7 Å². The molecule has 2 aromatic carbocycles. The molecule has 34 heavy (non-hydrogen) atoms. The van der Waals surface area contributed by atoms with Gasteiger partial charge in [-0.3, -0.25) is 14.3 Å². The summed E-state index contributed by atoms with van der Waals surface area (Å²) in [6.07, 6.45) is 3.37. The smallest absolute Gasteiger partial charge is 0.252 e. The molecular formula is C26H21N5O2S. The summed E-state index contributed by atoms with van der Waals surface area (Å²) in [6, 6.07) is 22.6. The predicted octanol–water partition coefficient (Wildman–Crippen LogP) is 4.73. The molecule has 2 N–H and O–H groups in total. The largest absolute Gasteiger partial charge is 0.348 e. The minimum atomic E-state index is -0.176. The van der Waals surface area contributed by atoms with Crippen LogP contribution in [0.4, 0.5) is 5.69 Å². The van der Waals surface area contributed by atoms with E-state index >= 15 is 0 Å². The number of carbonyl (C=O) groups is 2. The maximum Gasteiger partial charge on any atom is 0.252 e. The van der Waals surface area contributed by atoms with Crippen molar-refractivity contribution in [1.29, 1.82) is 0 Å². The molecule has 0 radical (unpaired) electrons. The highest BCUT2D eigenvalue weighted by molar-refractivity contribution is 7.13. The number of anilines is 1. The number of pyridine rings is 1. The van der Waals surface area contributed by atoms with Crippen LogP contribution in [-0.2, 0) is 17.9 Å². The van der Waals surface area contributed by atoms with E-state index in [9.17, 15) is 9.59 Å². The number of carbonyl (C=O) groups excluding carboxylic acids is 2. The zero-order chi connectivity index (χ0) is 23.3. The number of nitrogens with zero attached hydrogens (tertiary/aromatic N) is 3. The first kappa shape index (κ1) is 21.5. The summed E-state index contributed by atoms with van der Waals surface area (Å²) >= 11 is 1.59. The number of amides is 2. The van der Waals surface area contributed by atoms with Crippen molar-refractivity contribution in [3.63, 3.8) is 0 Å². The number of benzene rings is 2. The highest BCUT2D eigenvalue weighted by Crippen LogP contribution is 2.28. The molecule has 0 spiro atoms. The molecule has 8 heteroatoms. The van der Waals surface area contributed by atoms with Crippen molar-refractivity contribution in [3.05, 3.63) is 102 Å². The Morgan fingerprint density at radius 1 is 0.971 bits per heavy atom. The van der Waals surface area contributed by atoms with Crippen molar-refractivity contribution in [1.82, 2.24) is 20.1 Å². The fourth-order valence-corrected chi connectivity index (χ4v) is 4.38. The van der Waals surface area contributed by atoms with Crippen molar-refractivity contribution in [2.45, 2.75) is 13.1 Å². The fraction of sp³-hybridized carbons (Fsp3) is 0.0769. The molecular weight excluding hydrogens is 446 g/mol. The average Bonchev–Trinajstić information content (AvgIpc) is 3.57. The van der Waals surface area contributed by atoms with Gasteiger partial charge in [0.2, 0.25) is 5.91 Å². The first-order valence-electron chi connectivity index (χ1n) is 10.7. The molecule has 2 amide bonds. The number of hydrogen-bond donors (Lipinski definition) is 2. The van der Waals surface area contributed by atoms with Gasteiger partial charge in [0.05, 0.1) is 21.7 Å². The monoisotopic (exact) mass is 467 g/mol. The van der Waals surface area contributed by atoms with Gasteiger partial charge in [0.25, 0.3) is 5.91 Å². The van der Waals surface area contributed by atoms with Crippen molar-refractivity contribution in [2.75, 3.05) is 5.32 Å². The van der Waals surface area contributed by atoms with Gasteiger partial charge in [-0.25, -0.2) is 4.98 Å². The highest BCUT2D eigenvalue weighted by atomic mass is 32.1. The molecule has 5 rings (SSSR count). The number of para-hydroxylation sites is 1. The van der Waals surface area contributed by atoms with Crippen LogP contribution < -0.4 is 10.6 Å². The summed E-state index contributed by atoms with van der Waals surface area (Å²) in [5.41, 5.74) is 3.68. The highest BCUT2D eigenvalue weighted by Gasteiger charge is 2.14. The number of thiophene rings is 1. The number of nitrogens with one attached hydrogen (secondary N) is 2. The minimum Gasteiger partial charge on any atom is -0.348 e. The molecule has 0 saturated heterocycles. The number of hydrogen-bond acceptors (Lipinski definition) is 5. The summed E-state index contributed by atoms with van der Waals surface area (Å²) in [5, 5.41) is 12.7. The van der Waals surface area contributed by atoms with Gasteiger partial charge in [-0.1, -0.05) is 36.4 Å². The molecule has 0 bridgehead atoms. The minimum absolute atomic E-state index is 0.135. The Bertz CT molecular complexity index is 1450. The Hall–Kier alpha value is -4.30. The van der Waals surface area contributed by atoms with E-state index in [0.29, 0.717) is 17.8 Å². The Balaban J connectivity index is 1.31.